The van der Waals surface area contributed by atoms with Gasteiger partial charge in [0.1, 0.15) is 0 Å². The van der Waals surface area contributed by atoms with Crippen molar-refractivity contribution in [2.24, 2.45) is 0 Å². The Balaban J connectivity index is 1.63. The zero-order chi connectivity index (χ0) is 18.0. The van der Waals surface area contributed by atoms with E-state index in [1.54, 1.807) is 31.3 Å². The highest BCUT2D eigenvalue weighted by atomic mass is 32.2. The number of nitrogens with one attached hydrogen (secondary N) is 1. The Morgan fingerprint density at radius 3 is 2.20 bits per heavy atom. The summed E-state index contributed by atoms with van der Waals surface area (Å²) in [6, 6.07) is 6.54. The van der Waals surface area contributed by atoms with Crippen molar-refractivity contribution in [1.82, 2.24) is 10.2 Å². The number of hydrogen-bond donors (Lipinski definition) is 1. The van der Waals surface area contributed by atoms with Crippen LogP contribution in [-0.2, 0) is 9.84 Å². The summed E-state index contributed by atoms with van der Waals surface area (Å²) in [5.74, 6) is -0.168. The summed E-state index contributed by atoms with van der Waals surface area (Å²) in [6.07, 6.45) is 4.84. The molecular weight excluding hydrogens is 340 g/mol. The lowest BCUT2D eigenvalue weighted by Crippen LogP contribution is -2.37. The molecule has 1 atom stereocenters. The van der Waals surface area contributed by atoms with Crippen LogP contribution in [-0.4, -0.2) is 55.8 Å². The fraction of sp³-hybridized carbons (Fsp3) is 0.556. The maximum absolute atomic E-state index is 12.5. The van der Waals surface area contributed by atoms with Crippen LogP contribution < -0.4 is 5.32 Å². The molecular formula is C18H24N2O4S. The molecule has 2 aliphatic rings. The van der Waals surface area contributed by atoms with E-state index in [1.807, 2.05) is 0 Å². The highest BCUT2D eigenvalue weighted by molar-refractivity contribution is 7.91. The second-order valence-electron chi connectivity index (χ2n) is 7.01. The van der Waals surface area contributed by atoms with E-state index in [1.165, 1.54) is 4.90 Å². The van der Waals surface area contributed by atoms with Gasteiger partial charge in [0.15, 0.2) is 9.84 Å². The van der Waals surface area contributed by atoms with Gasteiger partial charge in [-0.15, -0.1) is 0 Å². The molecule has 1 unspecified atom stereocenters. The molecule has 1 aromatic carbocycles. The minimum absolute atomic E-state index is 0.0249. The summed E-state index contributed by atoms with van der Waals surface area (Å²) in [5.41, 5.74) is 0.999. The monoisotopic (exact) mass is 364 g/mol. The predicted molar refractivity (Wildman–Crippen MR) is 95.3 cm³/mol. The van der Waals surface area contributed by atoms with Gasteiger partial charge in [-0.05, 0) is 43.5 Å². The van der Waals surface area contributed by atoms with E-state index < -0.39 is 9.84 Å². The lowest BCUT2D eigenvalue weighted by Gasteiger charge is -2.23. The van der Waals surface area contributed by atoms with E-state index >= 15 is 0 Å². The number of benzene rings is 1. The van der Waals surface area contributed by atoms with E-state index in [0.717, 1.165) is 25.7 Å². The van der Waals surface area contributed by atoms with Crippen LogP contribution in [0.2, 0.25) is 0 Å². The van der Waals surface area contributed by atoms with Crippen LogP contribution in [0.15, 0.2) is 24.3 Å². The van der Waals surface area contributed by atoms with Gasteiger partial charge in [-0.3, -0.25) is 9.59 Å². The first-order valence-corrected chi connectivity index (χ1v) is 10.6. The summed E-state index contributed by atoms with van der Waals surface area (Å²) in [4.78, 5) is 26.3. The van der Waals surface area contributed by atoms with E-state index in [9.17, 15) is 18.0 Å². The van der Waals surface area contributed by atoms with Gasteiger partial charge in [0, 0.05) is 30.3 Å². The van der Waals surface area contributed by atoms with Crippen LogP contribution in [0.3, 0.4) is 0 Å². The van der Waals surface area contributed by atoms with Crippen LogP contribution in [0, 0.1) is 0 Å². The van der Waals surface area contributed by atoms with E-state index in [0.29, 0.717) is 17.5 Å². The van der Waals surface area contributed by atoms with Crippen molar-refractivity contribution in [1.29, 1.82) is 0 Å². The van der Waals surface area contributed by atoms with Gasteiger partial charge in [0.05, 0.1) is 11.5 Å². The molecule has 1 saturated carbocycles. The second kappa shape index (κ2) is 7.15. The number of amides is 2. The molecule has 1 aliphatic heterocycles. The normalized spacial score (nSPS) is 22.7. The molecule has 25 heavy (non-hydrogen) atoms. The topological polar surface area (TPSA) is 83.6 Å². The van der Waals surface area contributed by atoms with Gasteiger partial charge in [0.25, 0.3) is 11.8 Å². The Hall–Kier alpha value is -1.89. The summed E-state index contributed by atoms with van der Waals surface area (Å²) in [5, 5.41) is 3.02. The third-order valence-corrected chi connectivity index (χ3v) is 6.91. The van der Waals surface area contributed by atoms with E-state index in [-0.39, 0.29) is 35.4 Å². The first-order valence-electron chi connectivity index (χ1n) is 8.74. The summed E-state index contributed by atoms with van der Waals surface area (Å²) in [7, 11) is -1.40. The van der Waals surface area contributed by atoms with Crippen molar-refractivity contribution in [3.8, 4) is 0 Å². The summed E-state index contributed by atoms with van der Waals surface area (Å²) >= 11 is 0. The molecule has 0 aromatic heterocycles. The van der Waals surface area contributed by atoms with Crippen LogP contribution in [0.5, 0.6) is 0 Å². The van der Waals surface area contributed by atoms with Crippen molar-refractivity contribution >= 4 is 21.7 Å². The molecule has 0 radical (unpaired) electrons. The number of carbonyl (C=O) groups excluding carboxylic acids is 2. The summed E-state index contributed by atoms with van der Waals surface area (Å²) in [6.45, 7) is 0. The van der Waals surface area contributed by atoms with Gasteiger partial charge in [-0.1, -0.05) is 12.8 Å². The molecule has 1 heterocycles. The van der Waals surface area contributed by atoms with Crippen molar-refractivity contribution < 1.29 is 18.0 Å². The maximum Gasteiger partial charge on any atom is 0.253 e. The highest BCUT2D eigenvalue weighted by Crippen LogP contribution is 2.20. The fourth-order valence-corrected chi connectivity index (χ4v) is 5.33. The lowest BCUT2D eigenvalue weighted by molar-refractivity contribution is 0.0747. The minimum Gasteiger partial charge on any atom is -0.349 e. The lowest BCUT2D eigenvalue weighted by atomic mass is 10.1. The number of hydrogen-bond acceptors (Lipinski definition) is 4. The van der Waals surface area contributed by atoms with Crippen LogP contribution in [0.1, 0.15) is 52.8 Å². The van der Waals surface area contributed by atoms with Gasteiger partial charge in [0.2, 0.25) is 0 Å². The average molecular weight is 364 g/mol. The van der Waals surface area contributed by atoms with Crippen LogP contribution in [0.25, 0.3) is 0 Å². The molecule has 6 nitrogen and oxygen atoms in total. The third-order valence-electron chi connectivity index (χ3n) is 5.16. The standard InChI is InChI=1S/C18H24N2O4S/c1-20(16-10-11-25(23,24)12-16)18(22)14-8-6-13(7-9-14)17(21)19-15-4-2-3-5-15/h6-9,15-16H,2-5,10-12H2,1H3,(H,19,21). The smallest absolute Gasteiger partial charge is 0.253 e. The van der Waals surface area contributed by atoms with Crippen molar-refractivity contribution in [2.75, 3.05) is 18.6 Å². The molecule has 2 fully saturated rings. The molecule has 0 bridgehead atoms. The molecule has 7 heteroatoms. The molecule has 1 aliphatic carbocycles. The number of sulfone groups is 1. The third kappa shape index (κ3) is 4.21. The first-order chi connectivity index (χ1) is 11.9. The second-order valence-corrected chi connectivity index (χ2v) is 9.23. The SMILES string of the molecule is CN(C(=O)c1ccc(C(=O)NC2CCCC2)cc1)C1CCS(=O)(=O)C1. The molecule has 1 saturated heterocycles. The van der Waals surface area contributed by atoms with Crippen molar-refractivity contribution in [3.05, 3.63) is 35.4 Å². The number of nitrogens with zero attached hydrogens (tertiary/aromatic N) is 1. The molecule has 2 amide bonds. The van der Waals surface area contributed by atoms with Gasteiger partial charge in [-0.25, -0.2) is 8.42 Å². The molecule has 3 rings (SSSR count). The first kappa shape index (κ1) is 17.9. The minimum atomic E-state index is -3.03. The quantitative estimate of drug-likeness (QED) is 0.880. The van der Waals surface area contributed by atoms with Gasteiger partial charge >= 0.3 is 0 Å². The Bertz CT molecular complexity index is 752. The maximum atomic E-state index is 12.5. The van der Waals surface area contributed by atoms with Gasteiger partial charge < -0.3 is 10.2 Å². The predicted octanol–water partition coefficient (Wildman–Crippen LogP) is 1.62. The molecule has 0 spiro atoms. The zero-order valence-corrected chi connectivity index (χ0v) is 15.2. The van der Waals surface area contributed by atoms with E-state index in [4.69, 9.17) is 0 Å². The molecule has 1 aromatic rings. The average Bonchev–Trinajstić information content (AvgIpc) is 3.22. The van der Waals surface area contributed by atoms with Crippen LogP contribution in [0.4, 0.5) is 0 Å². The van der Waals surface area contributed by atoms with Crippen LogP contribution >= 0.6 is 0 Å². The largest absolute Gasteiger partial charge is 0.349 e. The van der Waals surface area contributed by atoms with Crippen molar-refractivity contribution in [3.63, 3.8) is 0 Å². The number of carbonyl (C=O) groups is 2. The van der Waals surface area contributed by atoms with E-state index in [2.05, 4.69) is 5.32 Å². The summed E-state index contributed by atoms with van der Waals surface area (Å²) < 4.78 is 23.2. The Kier molecular flexibility index (Phi) is 5.13. The zero-order valence-electron chi connectivity index (χ0n) is 14.4. The number of rotatable bonds is 4. The molecule has 136 valence electrons. The van der Waals surface area contributed by atoms with Gasteiger partial charge in [-0.2, -0.15) is 0 Å². The molecule has 1 N–H and O–H groups in total. The Labute approximate surface area is 148 Å². The highest BCUT2D eigenvalue weighted by Gasteiger charge is 2.33. The Morgan fingerprint density at radius 2 is 1.64 bits per heavy atom. The van der Waals surface area contributed by atoms with Crippen molar-refractivity contribution in [2.45, 2.75) is 44.2 Å². The fourth-order valence-electron chi connectivity index (χ4n) is 3.55. The Morgan fingerprint density at radius 1 is 1.04 bits per heavy atom.